The fourth-order valence-electron chi connectivity index (χ4n) is 2.56. The molecular weight excluding hydrogens is 286 g/mol. The highest BCUT2D eigenvalue weighted by Crippen LogP contribution is 2.22. The number of hydrogen-bond donors (Lipinski definition) is 2. The van der Waals surface area contributed by atoms with E-state index < -0.39 is 5.91 Å². The molecule has 5 heteroatoms. The maximum Gasteiger partial charge on any atom is 0.250 e. The molecule has 4 nitrogen and oxygen atoms in total. The highest BCUT2D eigenvalue weighted by atomic mass is 35.5. The summed E-state index contributed by atoms with van der Waals surface area (Å²) < 4.78 is 2.27. The third kappa shape index (κ3) is 3.22. The van der Waals surface area contributed by atoms with E-state index in [0.29, 0.717) is 17.1 Å². The van der Waals surface area contributed by atoms with Crippen LogP contribution in [0.25, 0.3) is 0 Å². The Labute approximate surface area is 129 Å². The molecule has 0 radical (unpaired) electrons. The number of aromatic nitrogens is 1. The first kappa shape index (κ1) is 15.4. The maximum atomic E-state index is 11.3. The van der Waals surface area contributed by atoms with Crippen molar-refractivity contribution in [3.05, 3.63) is 51.8 Å². The van der Waals surface area contributed by atoms with Crippen molar-refractivity contribution in [2.75, 3.05) is 5.32 Å². The summed E-state index contributed by atoms with van der Waals surface area (Å²) in [7, 11) is 0. The van der Waals surface area contributed by atoms with Gasteiger partial charge in [0.2, 0.25) is 5.91 Å². The first-order valence-electron chi connectivity index (χ1n) is 6.92. The smallest absolute Gasteiger partial charge is 0.250 e. The lowest BCUT2D eigenvalue weighted by atomic mass is 10.1. The van der Waals surface area contributed by atoms with Crippen LogP contribution in [-0.4, -0.2) is 10.5 Å². The first-order chi connectivity index (χ1) is 9.93. The highest BCUT2D eigenvalue weighted by molar-refractivity contribution is 6.33. The van der Waals surface area contributed by atoms with Gasteiger partial charge in [-0.2, -0.15) is 0 Å². The third-order valence-electron chi connectivity index (χ3n) is 3.71. The Morgan fingerprint density at radius 3 is 2.62 bits per heavy atom. The number of halogens is 1. The zero-order valence-corrected chi connectivity index (χ0v) is 13.3. The predicted octanol–water partition coefficient (Wildman–Crippen LogP) is 3.49. The van der Waals surface area contributed by atoms with Gasteiger partial charge in [-0.3, -0.25) is 4.79 Å². The molecule has 0 aliphatic carbocycles. The van der Waals surface area contributed by atoms with Gasteiger partial charge in [0.1, 0.15) is 0 Å². The van der Waals surface area contributed by atoms with E-state index in [-0.39, 0.29) is 0 Å². The van der Waals surface area contributed by atoms with E-state index in [0.717, 1.165) is 12.2 Å². The predicted molar refractivity (Wildman–Crippen MR) is 86.9 cm³/mol. The van der Waals surface area contributed by atoms with Crippen LogP contribution in [0.1, 0.15) is 34.2 Å². The fraction of sp³-hybridized carbons (Fsp3) is 0.312. The van der Waals surface area contributed by atoms with E-state index in [1.165, 1.54) is 17.0 Å². The van der Waals surface area contributed by atoms with E-state index in [1.54, 1.807) is 12.1 Å². The van der Waals surface area contributed by atoms with Crippen LogP contribution in [0.2, 0.25) is 5.02 Å². The van der Waals surface area contributed by atoms with Crippen LogP contribution in [0.15, 0.2) is 24.3 Å². The van der Waals surface area contributed by atoms with E-state index in [2.05, 4.69) is 36.7 Å². The monoisotopic (exact) mass is 305 g/mol. The molecule has 0 bridgehead atoms. The largest absolute Gasteiger partial charge is 0.381 e. The Hall–Kier alpha value is -1.94. The van der Waals surface area contributed by atoms with Crippen LogP contribution in [0.4, 0.5) is 5.69 Å². The number of nitrogens with two attached hydrogens (primary N) is 1. The molecule has 3 N–H and O–H groups in total. The van der Waals surface area contributed by atoms with Crippen molar-refractivity contribution in [3.8, 4) is 0 Å². The molecule has 2 rings (SSSR count). The molecule has 0 atom stereocenters. The van der Waals surface area contributed by atoms with Crippen molar-refractivity contribution in [2.24, 2.45) is 5.73 Å². The number of nitrogens with zero attached hydrogens (tertiary/aromatic N) is 1. The van der Waals surface area contributed by atoms with Gasteiger partial charge in [-0.15, -0.1) is 0 Å². The number of carbonyl (C=O) groups is 1. The van der Waals surface area contributed by atoms with Gasteiger partial charge >= 0.3 is 0 Å². The van der Waals surface area contributed by atoms with Crippen molar-refractivity contribution in [1.82, 2.24) is 4.57 Å². The molecule has 2 aromatic rings. The van der Waals surface area contributed by atoms with Gasteiger partial charge in [-0.25, -0.2) is 0 Å². The van der Waals surface area contributed by atoms with Crippen LogP contribution in [0.5, 0.6) is 0 Å². The summed E-state index contributed by atoms with van der Waals surface area (Å²) in [6.07, 6.45) is 0. The Balaban J connectivity index is 2.17. The molecular formula is C16H20ClN3O. The molecule has 1 aromatic carbocycles. The van der Waals surface area contributed by atoms with Gasteiger partial charge in [-0.1, -0.05) is 11.6 Å². The second-order valence-corrected chi connectivity index (χ2v) is 5.46. The zero-order valence-electron chi connectivity index (χ0n) is 12.5. The number of anilines is 1. The Morgan fingerprint density at radius 1 is 1.33 bits per heavy atom. The molecule has 0 fully saturated rings. The summed E-state index contributed by atoms with van der Waals surface area (Å²) in [4.78, 5) is 11.3. The van der Waals surface area contributed by atoms with Crippen molar-refractivity contribution < 1.29 is 4.79 Å². The maximum absolute atomic E-state index is 11.3. The van der Waals surface area contributed by atoms with Crippen LogP contribution in [0, 0.1) is 13.8 Å². The molecule has 0 saturated carbocycles. The van der Waals surface area contributed by atoms with Crippen LogP contribution in [-0.2, 0) is 13.1 Å². The summed E-state index contributed by atoms with van der Waals surface area (Å²) in [5, 5.41) is 3.68. The molecule has 0 saturated heterocycles. The minimum atomic E-state index is -0.521. The van der Waals surface area contributed by atoms with E-state index in [1.807, 2.05) is 6.07 Å². The Bertz CT molecular complexity index is 676. The van der Waals surface area contributed by atoms with Crippen molar-refractivity contribution in [3.63, 3.8) is 0 Å². The lowest BCUT2D eigenvalue weighted by Gasteiger charge is -2.09. The Morgan fingerprint density at radius 2 is 2.05 bits per heavy atom. The molecule has 0 spiro atoms. The van der Waals surface area contributed by atoms with E-state index in [4.69, 9.17) is 17.3 Å². The average Bonchev–Trinajstić information content (AvgIpc) is 2.71. The minimum absolute atomic E-state index is 0.334. The molecule has 1 amide bonds. The summed E-state index contributed by atoms with van der Waals surface area (Å²) in [6.45, 7) is 8.01. The molecule has 112 valence electrons. The summed E-state index contributed by atoms with van der Waals surface area (Å²) in [5.74, 6) is -0.521. The molecule has 0 aliphatic heterocycles. The standard InChI is InChI=1S/C16H20ClN3O/c1-4-20-10(2)7-12(11(20)3)9-19-13-5-6-15(17)14(8-13)16(18)21/h5-8,19H,4,9H2,1-3H3,(H2,18,21). The SMILES string of the molecule is CCn1c(C)cc(CNc2ccc(Cl)c(C(N)=O)c2)c1C. The van der Waals surface area contributed by atoms with Crippen molar-refractivity contribution >= 4 is 23.2 Å². The van der Waals surface area contributed by atoms with Crippen molar-refractivity contribution in [1.29, 1.82) is 0 Å². The average molecular weight is 306 g/mol. The fourth-order valence-corrected chi connectivity index (χ4v) is 2.77. The van der Waals surface area contributed by atoms with Gasteiger partial charge in [0.25, 0.3) is 0 Å². The van der Waals surface area contributed by atoms with Gasteiger partial charge in [-0.05, 0) is 50.6 Å². The minimum Gasteiger partial charge on any atom is -0.381 e. The number of benzene rings is 1. The normalized spacial score (nSPS) is 10.7. The number of hydrogen-bond acceptors (Lipinski definition) is 2. The first-order valence-corrected chi connectivity index (χ1v) is 7.30. The number of carbonyl (C=O) groups excluding carboxylic acids is 1. The zero-order chi connectivity index (χ0) is 15.6. The van der Waals surface area contributed by atoms with Gasteiger partial charge in [0.05, 0.1) is 10.6 Å². The molecule has 0 aliphatic rings. The number of rotatable bonds is 5. The number of amides is 1. The molecule has 21 heavy (non-hydrogen) atoms. The summed E-state index contributed by atoms with van der Waals surface area (Å²) >= 11 is 5.94. The summed E-state index contributed by atoms with van der Waals surface area (Å²) in [6, 6.07) is 7.38. The molecule has 0 unspecified atom stereocenters. The second-order valence-electron chi connectivity index (χ2n) is 5.05. The van der Waals surface area contributed by atoms with Gasteiger partial charge < -0.3 is 15.6 Å². The quantitative estimate of drug-likeness (QED) is 0.888. The van der Waals surface area contributed by atoms with Gasteiger partial charge in [0, 0.05) is 30.2 Å². The van der Waals surface area contributed by atoms with Crippen LogP contribution >= 0.6 is 11.6 Å². The second kappa shape index (κ2) is 6.22. The topological polar surface area (TPSA) is 60.1 Å². The number of aryl methyl sites for hydroxylation is 1. The van der Waals surface area contributed by atoms with Crippen LogP contribution in [0.3, 0.4) is 0 Å². The van der Waals surface area contributed by atoms with Gasteiger partial charge in [0.15, 0.2) is 0 Å². The number of nitrogens with one attached hydrogen (secondary N) is 1. The highest BCUT2D eigenvalue weighted by Gasteiger charge is 2.10. The van der Waals surface area contributed by atoms with Crippen molar-refractivity contribution in [2.45, 2.75) is 33.9 Å². The van der Waals surface area contributed by atoms with E-state index >= 15 is 0 Å². The van der Waals surface area contributed by atoms with E-state index in [9.17, 15) is 4.79 Å². The Kier molecular flexibility index (Phi) is 4.58. The third-order valence-corrected chi connectivity index (χ3v) is 4.04. The molecule has 1 aromatic heterocycles. The lowest BCUT2D eigenvalue weighted by Crippen LogP contribution is -2.12. The lowest BCUT2D eigenvalue weighted by molar-refractivity contribution is 0.100. The number of primary amides is 1. The summed E-state index contributed by atoms with van der Waals surface area (Å²) in [5.41, 5.74) is 10.2. The molecule has 1 heterocycles. The van der Waals surface area contributed by atoms with Crippen LogP contribution < -0.4 is 11.1 Å².